The fourth-order valence-electron chi connectivity index (χ4n) is 1.05. The molecule has 3 heteroatoms. The summed E-state index contributed by atoms with van der Waals surface area (Å²) < 4.78 is 0. The Hall–Kier alpha value is -1.66. The average Bonchev–Trinajstić information content (AvgIpc) is 2.18. The highest BCUT2D eigenvalue weighted by atomic mass is 16.1. The number of aryl methyl sites for hydroxylation is 1. The molecule has 0 amide bonds. The second kappa shape index (κ2) is 4.54. The summed E-state index contributed by atoms with van der Waals surface area (Å²) >= 11 is 0. The number of Topliss-reactive ketones (excluding diaryl/α,β-unsaturated/α-hetero) is 1. The molecule has 0 saturated heterocycles. The van der Waals surface area contributed by atoms with E-state index in [1.165, 1.54) is 6.20 Å². The highest BCUT2D eigenvalue weighted by Crippen LogP contribution is 2.04. The van der Waals surface area contributed by atoms with E-state index < -0.39 is 6.04 Å². The molecule has 3 nitrogen and oxygen atoms in total. The minimum atomic E-state index is -0.621. The Labute approximate surface area is 83.3 Å². The Morgan fingerprint density at radius 1 is 1.71 bits per heavy atom. The van der Waals surface area contributed by atoms with Crippen molar-refractivity contribution in [2.45, 2.75) is 19.4 Å². The van der Waals surface area contributed by atoms with Crippen LogP contribution in [0.5, 0.6) is 0 Å². The molecular formula is C11H12N2O. The lowest BCUT2D eigenvalue weighted by Gasteiger charge is -2.06. The third kappa shape index (κ3) is 2.41. The topological polar surface area (TPSA) is 56.0 Å². The molecule has 0 aliphatic heterocycles. The minimum absolute atomic E-state index is 0.157. The van der Waals surface area contributed by atoms with Crippen LogP contribution in [0, 0.1) is 19.3 Å². The van der Waals surface area contributed by atoms with Crippen molar-refractivity contribution < 1.29 is 4.79 Å². The van der Waals surface area contributed by atoms with E-state index in [4.69, 9.17) is 12.2 Å². The molecule has 1 aromatic heterocycles. The Balaban J connectivity index is 2.80. The number of carbonyl (C=O) groups excluding carboxylic acids is 1. The first-order valence-corrected chi connectivity index (χ1v) is 4.31. The Morgan fingerprint density at radius 2 is 2.43 bits per heavy atom. The first kappa shape index (κ1) is 10.4. The van der Waals surface area contributed by atoms with E-state index in [1.54, 1.807) is 12.1 Å². The molecular weight excluding hydrogens is 176 g/mol. The van der Waals surface area contributed by atoms with Crippen LogP contribution < -0.4 is 5.73 Å². The van der Waals surface area contributed by atoms with Crippen molar-refractivity contribution in [2.24, 2.45) is 5.73 Å². The fourth-order valence-corrected chi connectivity index (χ4v) is 1.05. The van der Waals surface area contributed by atoms with E-state index in [1.807, 2.05) is 6.92 Å². The van der Waals surface area contributed by atoms with Gasteiger partial charge in [0.1, 0.15) is 0 Å². The van der Waals surface area contributed by atoms with Gasteiger partial charge in [0.15, 0.2) is 5.78 Å². The number of rotatable bonds is 3. The molecule has 2 N–H and O–H groups in total. The highest BCUT2D eigenvalue weighted by molar-refractivity contribution is 5.99. The Bertz CT molecular complexity index is 362. The Morgan fingerprint density at radius 3 is 2.93 bits per heavy atom. The molecule has 0 spiro atoms. The number of nitrogens with two attached hydrogens (primary N) is 1. The molecule has 72 valence electrons. The highest BCUT2D eigenvalue weighted by Gasteiger charge is 2.14. The van der Waals surface area contributed by atoms with Gasteiger partial charge in [-0.25, -0.2) is 0 Å². The van der Waals surface area contributed by atoms with Gasteiger partial charge in [0.25, 0.3) is 0 Å². The molecule has 1 atom stereocenters. The van der Waals surface area contributed by atoms with Gasteiger partial charge in [0.2, 0.25) is 0 Å². The second-order valence-corrected chi connectivity index (χ2v) is 3.07. The molecule has 0 aliphatic rings. The summed E-state index contributed by atoms with van der Waals surface area (Å²) in [6.45, 7) is 1.86. The minimum Gasteiger partial charge on any atom is -0.320 e. The molecule has 0 aromatic carbocycles. The van der Waals surface area contributed by atoms with Gasteiger partial charge in [-0.15, -0.1) is 12.3 Å². The summed E-state index contributed by atoms with van der Waals surface area (Å²) in [7, 11) is 0. The van der Waals surface area contributed by atoms with Gasteiger partial charge in [-0.1, -0.05) is 0 Å². The maximum atomic E-state index is 11.6. The van der Waals surface area contributed by atoms with Crippen LogP contribution in [0.1, 0.15) is 22.5 Å². The first-order valence-electron chi connectivity index (χ1n) is 4.31. The van der Waals surface area contributed by atoms with Crippen LogP contribution in [-0.2, 0) is 0 Å². The van der Waals surface area contributed by atoms with Crippen molar-refractivity contribution in [1.82, 2.24) is 4.98 Å². The molecule has 0 bridgehead atoms. The maximum Gasteiger partial charge on any atom is 0.182 e. The number of pyridine rings is 1. The lowest BCUT2D eigenvalue weighted by Crippen LogP contribution is -2.30. The van der Waals surface area contributed by atoms with Crippen LogP contribution in [0.4, 0.5) is 0 Å². The van der Waals surface area contributed by atoms with Crippen LogP contribution in [0.25, 0.3) is 0 Å². The zero-order valence-corrected chi connectivity index (χ0v) is 8.03. The zero-order chi connectivity index (χ0) is 10.6. The number of hydrogen-bond donors (Lipinski definition) is 1. The quantitative estimate of drug-likeness (QED) is 0.567. The van der Waals surface area contributed by atoms with Crippen LogP contribution in [0.15, 0.2) is 18.3 Å². The largest absolute Gasteiger partial charge is 0.320 e. The molecule has 0 saturated carbocycles. The molecule has 1 heterocycles. The van der Waals surface area contributed by atoms with Gasteiger partial charge in [-0.2, -0.15) is 0 Å². The van der Waals surface area contributed by atoms with E-state index in [0.29, 0.717) is 5.56 Å². The van der Waals surface area contributed by atoms with Crippen molar-refractivity contribution in [2.75, 3.05) is 0 Å². The summed E-state index contributed by atoms with van der Waals surface area (Å²) in [5, 5.41) is 0. The normalized spacial score (nSPS) is 11.8. The third-order valence-electron chi connectivity index (χ3n) is 1.87. The average molecular weight is 188 g/mol. The third-order valence-corrected chi connectivity index (χ3v) is 1.87. The predicted octanol–water partition coefficient (Wildman–Crippen LogP) is 0.923. The van der Waals surface area contributed by atoms with E-state index in [0.717, 1.165) is 5.69 Å². The molecule has 0 aliphatic carbocycles. The van der Waals surface area contributed by atoms with E-state index in [9.17, 15) is 4.79 Å². The van der Waals surface area contributed by atoms with Crippen LogP contribution in [0.3, 0.4) is 0 Å². The summed E-state index contributed by atoms with van der Waals surface area (Å²) in [6.07, 6.45) is 6.85. The van der Waals surface area contributed by atoms with E-state index in [2.05, 4.69) is 10.9 Å². The standard InChI is InChI=1S/C11H12N2O/c1-3-4-10(12)11(14)9-6-5-8(2)13-7-9/h1,5-7,10H,4,12H2,2H3. The van der Waals surface area contributed by atoms with Gasteiger partial charge in [0, 0.05) is 23.9 Å². The van der Waals surface area contributed by atoms with Crippen LogP contribution >= 0.6 is 0 Å². The summed E-state index contributed by atoms with van der Waals surface area (Å²) in [5.74, 6) is 2.21. The first-order chi connectivity index (χ1) is 6.65. The molecule has 0 radical (unpaired) electrons. The molecule has 1 rings (SSSR count). The van der Waals surface area contributed by atoms with Gasteiger partial charge in [-0.05, 0) is 19.1 Å². The van der Waals surface area contributed by atoms with Gasteiger partial charge in [-0.3, -0.25) is 9.78 Å². The summed E-state index contributed by atoms with van der Waals surface area (Å²) in [6, 6.07) is 2.86. The number of terminal acetylenes is 1. The second-order valence-electron chi connectivity index (χ2n) is 3.07. The zero-order valence-electron chi connectivity index (χ0n) is 8.03. The smallest absolute Gasteiger partial charge is 0.182 e. The molecule has 0 fully saturated rings. The molecule has 14 heavy (non-hydrogen) atoms. The van der Waals surface area contributed by atoms with Crippen LogP contribution in [-0.4, -0.2) is 16.8 Å². The predicted molar refractivity (Wildman–Crippen MR) is 54.7 cm³/mol. The number of carbonyl (C=O) groups is 1. The molecule has 1 unspecified atom stereocenters. The van der Waals surface area contributed by atoms with Gasteiger partial charge < -0.3 is 5.73 Å². The fraction of sp³-hybridized carbons (Fsp3) is 0.273. The van der Waals surface area contributed by atoms with Crippen molar-refractivity contribution in [3.05, 3.63) is 29.6 Å². The van der Waals surface area contributed by atoms with Gasteiger partial charge >= 0.3 is 0 Å². The van der Waals surface area contributed by atoms with Crippen LogP contribution in [0.2, 0.25) is 0 Å². The summed E-state index contributed by atoms with van der Waals surface area (Å²) in [4.78, 5) is 15.6. The number of hydrogen-bond acceptors (Lipinski definition) is 3. The lowest BCUT2D eigenvalue weighted by molar-refractivity contribution is 0.0962. The van der Waals surface area contributed by atoms with Crippen molar-refractivity contribution in [3.63, 3.8) is 0 Å². The lowest BCUT2D eigenvalue weighted by atomic mass is 10.0. The monoisotopic (exact) mass is 188 g/mol. The maximum absolute atomic E-state index is 11.6. The number of ketones is 1. The Kier molecular flexibility index (Phi) is 3.38. The van der Waals surface area contributed by atoms with Crippen molar-refractivity contribution in [1.29, 1.82) is 0 Å². The van der Waals surface area contributed by atoms with Crippen molar-refractivity contribution >= 4 is 5.78 Å². The van der Waals surface area contributed by atoms with Crippen molar-refractivity contribution in [3.8, 4) is 12.3 Å². The number of nitrogens with zero attached hydrogens (tertiary/aromatic N) is 1. The number of aromatic nitrogens is 1. The van der Waals surface area contributed by atoms with E-state index in [-0.39, 0.29) is 12.2 Å². The van der Waals surface area contributed by atoms with Gasteiger partial charge in [0.05, 0.1) is 6.04 Å². The molecule has 1 aromatic rings. The SMILES string of the molecule is C#CCC(N)C(=O)c1ccc(C)nc1. The summed E-state index contributed by atoms with van der Waals surface area (Å²) in [5.41, 5.74) is 6.96. The van der Waals surface area contributed by atoms with E-state index >= 15 is 0 Å².